The van der Waals surface area contributed by atoms with Crippen LogP contribution in [-0.4, -0.2) is 35.9 Å². The number of carboxylic acids is 1. The van der Waals surface area contributed by atoms with Crippen LogP contribution < -0.4 is 9.46 Å². The van der Waals surface area contributed by atoms with Crippen LogP contribution >= 0.6 is 0 Å². The molecule has 0 spiro atoms. The molecule has 1 aromatic carbocycles. The number of aromatic nitrogens is 2. The van der Waals surface area contributed by atoms with Gasteiger partial charge in [0.05, 0.1) is 16.8 Å². The fraction of sp³-hybridized carbons (Fsp3) is 0.231. The maximum absolute atomic E-state index is 12.3. The van der Waals surface area contributed by atoms with Gasteiger partial charge < -0.3 is 9.84 Å². The van der Waals surface area contributed by atoms with E-state index in [4.69, 9.17) is 9.84 Å². The standard InChI is InChI=1S/C13H15N3O5S/c1-9-5-11(3-4-12(9)21-8-13(17)18)22(19,20)15-10-6-14-16(2)7-10/h3-7,15H,8H2,1-2H3,(H,17,18). The van der Waals surface area contributed by atoms with Crippen molar-refractivity contribution >= 4 is 21.7 Å². The lowest BCUT2D eigenvalue weighted by Gasteiger charge is -2.10. The smallest absolute Gasteiger partial charge is 0.341 e. The summed E-state index contributed by atoms with van der Waals surface area (Å²) in [5, 5.41) is 12.5. The minimum absolute atomic E-state index is 0.0523. The van der Waals surface area contributed by atoms with E-state index in [-0.39, 0.29) is 4.90 Å². The average molecular weight is 325 g/mol. The molecule has 0 unspecified atom stereocenters. The normalized spacial score (nSPS) is 11.2. The Morgan fingerprint density at radius 2 is 2.18 bits per heavy atom. The Kier molecular flexibility index (Phi) is 4.36. The number of ether oxygens (including phenoxy) is 1. The molecule has 0 fully saturated rings. The summed E-state index contributed by atoms with van der Waals surface area (Å²) in [4.78, 5) is 10.5. The number of hydrogen-bond donors (Lipinski definition) is 2. The molecule has 0 saturated carbocycles. The van der Waals surface area contributed by atoms with Crippen LogP contribution in [0, 0.1) is 6.92 Å². The quantitative estimate of drug-likeness (QED) is 0.819. The summed E-state index contributed by atoms with van der Waals surface area (Å²) in [6.45, 7) is 1.15. The van der Waals surface area contributed by atoms with Gasteiger partial charge in [-0.2, -0.15) is 5.10 Å². The topological polar surface area (TPSA) is 111 Å². The van der Waals surface area contributed by atoms with E-state index >= 15 is 0 Å². The monoisotopic (exact) mass is 325 g/mol. The number of sulfonamides is 1. The molecule has 0 aliphatic carbocycles. The third-order valence-electron chi connectivity index (χ3n) is 2.76. The van der Waals surface area contributed by atoms with Crippen LogP contribution in [0.4, 0.5) is 5.69 Å². The third-order valence-corrected chi connectivity index (χ3v) is 4.14. The highest BCUT2D eigenvalue weighted by Gasteiger charge is 2.16. The van der Waals surface area contributed by atoms with Crippen molar-refractivity contribution in [2.75, 3.05) is 11.3 Å². The lowest BCUT2D eigenvalue weighted by atomic mass is 10.2. The summed E-state index contributed by atoms with van der Waals surface area (Å²) >= 11 is 0. The van der Waals surface area contributed by atoms with Crippen LogP contribution in [0.5, 0.6) is 5.75 Å². The molecule has 0 bridgehead atoms. The molecule has 1 aromatic heterocycles. The van der Waals surface area contributed by atoms with Crippen LogP contribution in [0.1, 0.15) is 5.56 Å². The first-order valence-corrected chi connectivity index (χ1v) is 7.73. The average Bonchev–Trinajstić information content (AvgIpc) is 2.81. The number of nitrogens with zero attached hydrogens (tertiary/aromatic N) is 2. The molecule has 0 atom stereocenters. The number of carbonyl (C=O) groups is 1. The molecule has 0 aliphatic rings. The van der Waals surface area contributed by atoms with Gasteiger partial charge >= 0.3 is 5.97 Å². The van der Waals surface area contributed by atoms with E-state index in [1.54, 1.807) is 14.0 Å². The fourth-order valence-corrected chi connectivity index (χ4v) is 2.89. The molecule has 0 radical (unpaired) electrons. The SMILES string of the molecule is Cc1cc(S(=O)(=O)Nc2cnn(C)c2)ccc1OCC(=O)O. The maximum atomic E-state index is 12.3. The van der Waals surface area contributed by atoms with Gasteiger partial charge in [0.25, 0.3) is 10.0 Å². The molecule has 2 aromatic rings. The third kappa shape index (κ3) is 3.76. The molecule has 0 aliphatic heterocycles. The van der Waals surface area contributed by atoms with Crippen molar-refractivity contribution in [1.82, 2.24) is 9.78 Å². The first-order valence-electron chi connectivity index (χ1n) is 6.24. The number of aliphatic carboxylic acids is 1. The van der Waals surface area contributed by atoms with Gasteiger partial charge in [-0.25, -0.2) is 13.2 Å². The van der Waals surface area contributed by atoms with Gasteiger partial charge in [0.15, 0.2) is 6.61 Å². The molecule has 8 nitrogen and oxygen atoms in total. The van der Waals surface area contributed by atoms with E-state index in [9.17, 15) is 13.2 Å². The molecule has 22 heavy (non-hydrogen) atoms. The summed E-state index contributed by atoms with van der Waals surface area (Å²) in [6.07, 6.45) is 2.93. The molecular formula is C13H15N3O5S. The zero-order valence-electron chi connectivity index (χ0n) is 12.0. The molecule has 0 saturated heterocycles. The number of anilines is 1. The summed E-state index contributed by atoms with van der Waals surface area (Å²) in [5.41, 5.74) is 0.877. The van der Waals surface area contributed by atoms with Gasteiger partial charge in [-0.1, -0.05) is 0 Å². The van der Waals surface area contributed by atoms with Gasteiger partial charge in [-0.05, 0) is 30.7 Å². The van der Waals surface area contributed by atoms with Crippen molar-refractivity contribution in [3.63, 3.8) is 0 Å². The van der Waals surface area contributed by atoms with E-state index in [1.807, 2.05) is 0 Å². The highest BCUT2D eigenvalue weighted by Crippen LogP contribution is 2.23. The van der Waals surface area contributed by atoms with Gasteiger partial charge in [0, 0.05) is 13.2 Å². The number of rotatable bonds is 6. The molecule has 0 amide bonds. The predicted octanol–water partition coefficient (Wildman–Crippen LogP) is 0.993. The number of hydrogen-bond acceptors (Lipinski definition) is 5. The van der Waals surface area contributed by atoms with Crippen molar-refractivity contribution in [3.05, 3.63) is 36.2 Å². The van der Waals surface area contributed by atoms with E-state index in [0.29, 0.717) is 17.0 Å². The molecule has 2 N–H and O–H groups in total. The first-order chi connectivity index (χ1) is 10.3. The second-order valence-electron chi connectivity index (χ2n) is 4.62. The van der Waals surface area contributed by atoms with E-state index in [0.717, 1.165) is 0 Å². The largest absolute Gasteiger partial charge is 0.482 e. The van der Waals surface area contributed by atoms with Gasteiger partial charge in [-0.3, -0.25) is 9.40 Å². The van der Waals surface area contributed by atoms with E-state index in [1.165, 1.54) is 35.3 Å². The van der Waals surface area contributed by atoms with Gasteiger partial charge in [-0.15, -0.1) is 0 Å². The van der Waals surface area contributed by atoms with Crippen molar-refractivity contribution in [1.29, 1.82) is 0 Å². The van der Waals surface area contributed by atoms with Gasteiger partial charge in [0.2, 0.25) is 0 Å². The van der Waals surface area contributed by atoms with Crippen LogP contribution in [0.2, 0.25) is 0 Å². The van der Waals surface area contributed by atoms with Crippen LogP contribution in [0.15, 0.2) is 35.5 Å². The Balaban J connectivity index is 2.21. The Morgan fingerprint density at radius 1 is 1.45 bits per heavy atom. The van der Waals surface area contributed by atoms with E-state index in [2.05, 4.69) is 9.82 Å². The Morgan fingerprint density at radius 3 is 2.73 bits per heavy atom. The summed E-state index contributed by atoms with van der Waals surface area (Å²) < 4.78 is 33.5. The van der Waals surface area contributed by atoms with Crippen LogP contribution in [0.25, 0.3) is 0 Å². The Hall–Kier alpha value is -2.55. The van der Waals surface area contributed by atoms with E-state index < -0.39 is 22.6 Å². The molecule has 9 heteroatoms. The molecule has 118 valence electrons. The first kappa shape index (κ1) is 15.8. The number of benzene rings is 1. The Bertz CT molecular complexity index is 798. The zero-order chi connectivity index (χ0) is 16.3. The van der Waals surface area contributed by atoms with Crippen LogP contribution in [0.3, 0.4) is 0 Å². The zero-order valence-corrected chi connectivity index (χ0v) is 12.8. The second-order valence-corrected chi connectivity index (χ2v) is 6.30. The predicted molar refractivity (Wildman–Crippen MR) is 78.3 cm³/mol. The molecule has 2 rings (SSSR count). The van der Waals surface area contributed by atoms with Crippen molar-refractivity contribution in [2.45, 2.75) is 11.8 Å². The van der Waals surface area contributed by atoms with Crippen LogP contribution in [-0.2, 0) is 21.9 Å². The maximum Gasteiger partial charge on any atom is 0.341 e. The minimum atomic E-state index is -3.75. The highest BCUT2D eigenvalue weighted by molar-refractivity contribution is 7.92. The second kappa shape index (κ2) is 6.06. The lowest BCUT2D eigenvalue weighted by molar-refractivity contribution is -0.139. The summed E-state index contributed by atoms with van der Waals surface area (Å²) in [6, 6.07) is 4.19. The van der Waals surface area contributed by atoms with Crippen molar-refractivity contribution < 1.29 is 23.1 Å². The van der Waals surface area contributed by atoms with Crippen molar-refractivity contribution in [2.24, 2.45) is 7.05 Å². The summed E-state index contributed by atoms with van der Waals surface area (Å²) in [5.74, 6) is -0.780. The number of aryl methyl sites for hydroxylation is 2. The number of nitrogens with one attached hydrogen (secondary N) is 1. The number of carboxylic acid groups (broad SMARTS) is 1. The summed E-state index contributed by atoms with van der Waals surface area (Å²) in [7, 11) is -2.07. The fourth-order valence-electron chi connectivity index (χ4n) is 1.78. The van der Waals surface area contributed by atoms with Gasteiger partial charge in [0.1, 0.15) is 5.75 Å². The molecule has 1 heterocycles. The molecular weight excluding hydrogens is 310 g/mol. The Labute approximate surface area is 127 Å². The van der Waals surface area contributed by atoms with Crippen molar-refractivity contribution in [3.8, 4) is 5.75 Å². The minimum Gasteiger partial charge on any atom is -0.482 e. The lowest BCUT2D eigenvalue weighted by Crippen LogP contribution is -2.13. The highest BCUT2D eigenvalue weighted by atomic mass is 32.2.